The second-order valence-electron chi connectivity index (χ2n) is 4.07. The van der Waals surface area contributed by atoms with Crippen molar-refractivity contribution in [1.82, 2.24) is 15.5 Å². The summed E-state index contributed by atoms with van der Waals surface area (Å²) in [5.74, 6) is -0.654. The number of nitrogens with zero attached hydrogens (tertiary/aromatic N) is 1. The minimum Gasteiger partial charge on any atom is -0.368 e. The van der Waals surface area contributed by atoms with E-state index in [0.717, 1.165) is 32.6 Å². The average molecular weight is 228 g/mol. The minimum atomic E-state index is -0.599. The Morgan fingerprint density at radius 3 is 2.88 bits per heavy atom. The molecule has 1 fully saturated rings. The van der Waals surface area contributed by atoms with E-state index in [-0.39, 0.29) is 5.91 Å². The minimum absolute atomic E-state index is 0.145. The number of nitrogens with two attached hydrogens (primary N) is 1. The van der Waals surface area contributed by atoms with Gasteiger partial charge in [0.1, 0.15) is 6.04 Å². The van der Waals surface area contributed by atoms with Crippen LogP contribution in [0.5, 0.6) is 0 Å². The van der Waals surface area contributed by atoms with E-state index in [2.05, 4.69) is 15.5 Å². The van der Waals surface area contributed by atoms with Crippen LogP contribution >= 0.6 is 0 Å². The normalized spacial score (nSPS) is 19.8. The predicted molar refractivity (Wildman–Crippen MR) is 60.7 cm³/mol. The first-order chi connectivity index (χ1) is 7.59. The second kappa shape index (κ2) is 6.44. The zero-order valence-corrected chi connectivity index (χ0v) is 9.66. The van der Waals surface area contributed by atoms with Crippen molar-refractivity contribution in [1.29, 1.82) is 0 Å². The molecule has 2 amide bonds. The number of hydrogen-bond acceptors (Lipinski definition) is 4. The van der Waals surface area contributed by atoms with E-state index in [1.54, 1.807) is 6.92 Å². The average Bonchev–Trinajstić information content (AvgIpc) is 2.45. The van der Waals surface area contributed by atoms with Gasteiger partial charge in [0.05, 0.1) is 6.54 Å². The number of carbonyl (C=O) groups excluding carboxylic acids is 2. The van der Waals surface area contributed by atoms with Gasteiger partial charge in [-0.25, -0.2) is 0 Å². The SMILES string of the molecule is CC(NC(=O)CN1CCCNCC1)C(N)=O. The third kappa shape index (κ3) is 4.59. The van der Waals surface area contributed by atoms with Gasteiger partial charge in [0, 0.05) is 13.1 Å². The third-order valence-electron chi connectivity index (χ3n) is 2.60. The van der Waals surface area contributed by atoms with Gasteiger partial charge in [-0.3, -0.25) is 14.5 Å². The molecule has 1 atom stereocenters. The lowest BCUT2D eigenvalue weighted by atomic mass is 10.3. The molecule has 0 aromatic carbocycles. The molecule has 0 spiro atoms. The van der Waals surface area contributed by atoms with Crippen molar-refractivity contribution >= 4 is 11.8 Å². The topological polar surface area (TPSA) is 87.5 Å². The number of hydrogen-bond donors (Lipinski definition) is 3. The van der Waals surface area contributed by atoms with Crippen molar-refractivity contribution in [2.24, 2.45) is 5.73 Å². The fourth-order valence-corrected chi connectivity index (χ4v) is 1.62. The summed E-state index contributed by atoms with van der Waals surface area (Å²) in [4.78, 5) is 24.4. The van der Waals surface area contributed by atoms with E-state index in [1.165, 1.54) is 0 Å². The first-order valence-corrected chi connectivity index (χ1v) is 5.61. The van der Waals surface area contributed by atoms with Crippen LogP contribution in [0.1, 0.15) is 13.3 Å². The Kier molecular flexibility index (Phi) is 5.21. The first-order valence-electron chi connectivity index (χ1n) is 5.61. The van der Waals surface area contributed by atoms with Gasteiger partial charge in [-0.15, -0.1) is 0 Å². The van der Waals surface area contributed by atoms with Gasteiger partial charge >= 0.3 is 0 Å². The van der Waals surface area contributed by atoms with Crippen molar-refractivity contribution < 1.29 is 9.59 Å². The Bertz CT molecular complexity index is 249. The maximum absolute atomic E-state index is 11.6. The summed E-state index contributed by atoms with van der Waals surface area (Å²) in [7, 11) is 0. The second-order valence-corrected chi connectivity index (χ2v) is 4.07. The van der Waals surface area contributed by atoms with Gasteiger partial charge in [-0.1, -0.05) is 0 Å². The lowest BCUT2D eigenvalue weighted by Crippen LogP contribution is -2.46. The largest absolute Gasteiger partial charge is 0.368 e. The molecule has 6 nitrogen and oxygen atoms in total. The molecule has 0 saturated carbocycles. The molecule has 16 heavy (non-hydrogen) atoms. The van der Waals surface area contributed by atoms with Crippen LogP contribution in [-0.4, -0.2) is 55.5 Å². The molecule has 92 valence electrons. The molecule has 0 bridgehead atoms. The number of carbonyl (C=O) groups is 2. The first kappa shape index (κ1) is 12.9. The van der Waals surface area contributed by atoms with Crippen molar-refractivity contribution in [3.63, 3.8) is 0 Å². The van der Waals surface area contributed by atoms with Crippen LogP contribution in [-0.2, 0) is 9.59 Å². The number of amides is 2. The molecule has 1 heterocycles. The third-order valence-corrected chi connectivity index (χ3v) is 2.60. The molecule has 6 heteroatoms. The van der Waals surface area contributed by atoms with Crippen molar-refractivity contribution in [2.75, 3.05) is 32.7 Å². The lowest BCUT2D eigenvalue weighted by molar-refractivity contribution is -0.127. The summed E-state index contributed by atoms with van der Waals surface area (Å²) in [6.45, 7) is 5.59. The summed E-state index contributed by atoms with van der Waals surface area (Å²) < 4.78 is 0. The molecule has 1 aliphatic rings. The summed E-state index contributed by atoms with van der Waals surface area (Å²) >= 11 is 0. The van der Waals surface area contributed by atoms with Gasteiger partial charge in [-0.05, 0) is 26.4 Å². The molecule has 1 aliphatic heterocycles. The van der Waals surface area contributed by atoms with Crippen LogP contribution in [0.25, 0.3) is 0 Å². The molecule has 1 unspecified atom stereocenters. The summed E-state index contributed by atoms with van der Waals surface area (Å²) in [5.41, 5.74) is 5.07. The summed E-state index contributed by atoms with van der Waals surface area (Å²) in [6, 6.07) is -0.599. The molecular formula is C10H20N4O2. The van der Waals surface area contributed by atoms with Crippen LogP contribution in [0.2, 0.25) is 0 Å². The standard InChI is InChI=1S/C10H20N4O2/c1-8(10(11)16)13-9(15)7-14-5-2-3-12-4-6-14/h8,12H,2-7H2,1H3,(H2,11,16)(H,13,15). The Labute approximate surface area is 95.5 Å². The smallest absolute Gasteiger partial charge is 0.239 e. The van der Waals surface area contributed by atoms with Crippen LogP contribution in [0.3, 0.4) is 0 Å². The highest BCUT2D eigenvalue weighted by atomic mass is 16.2. The van der Waals surface area contributed by atoms with Crippen LogP contribution in [0.15, 0.2) is 0 Å². The highest BCUT2D eigenvalue weighted by molar-refractivity contribution is 5.86. The maximum atomic E-state index is 11.6. The molecule has 0 aromatic rings. The monoisotopic (exact) mass is 228 g/mol. The molecule has 4 N–H and O–H groups in total. The molecular weight excluding hydrogens is 208 g/mol. The van der Waals surface area contributed by atoms with Crippen LogP contribution in [0, 0.1) is 0 Å². The van der Waals surface area contributed by atoms with E-state index in [1.807, 2.05) is 0 Å². The molecule has 1 saturated heterocycles. The van der Waals surface area contributed by atoms with Gasteiger partial charge in [0.25, 0.3) is 0 Å². The van der Waals surface area contributed by atoms with Crippen molar-refractivity contribution in [3.05, 3.63) is 0 Å². The quantitative estimate of drug-likeness (QED) is 0.534. The zero-order valence-electron chi connectivity index (χ0n) is 9.66. The fourth-order valence-electron chi connectivity index (χ4n) is 1.62. The van der Waals surface area contributed by atoms with E-state index in [9.17, 15) is 9.59 Å². The van der Waals surface area contributed by atoms with Gasteiger partial charge in [0.15, 0.2) is 0 Å². The Morgan fingerprint density at radius 2 is 2.19 bits per heavy atom. The Morgan fingerprint density at radius 1 is 1.44 bits per heavy atom. The van der Waals surface area contributed by atoms with Crippen molar-refractivity contribution in [2.45, 2.75) is 19.4 Å². The molecule has 0 radical (unpaired) electrons. The number of nitrogens with one attached hydrogen (secondary N) is 2. The Balaban J connectivity index is 2.29. The molecule has 0 aliphatic carbocycles. The maximum Gasteiger partial charge on any atom is 0.239 e. The zero-order chi connectivity index (χ0) is 12.0. The number of rotatable bonds is 4. The Hall–Kier alpha value is -1.14. The van der Waals surface area contributed by atoms with Gasteiger partial charge < -0.3 is 16.4 Å². The molecule has 1 rings (SSSR count). The van der Waals surface area contributed by atoms with Crippen LogP contribution in [0.4, 0.5) is 0 Å². The summed E-state index contributed by atoms with van der Waals surface area (Å²) in [6.07, 6.45) is 1.04. The van der Waals surface area contributed by atoms with Crippen molar-refractivity contribution in [3.8, 4) is 0 Å². The predicted octanol–water partition coefficient (Wildman–Crippen LogP) is -1.73. The fraction of sp³-hybridized carbons (Fsp3) is 0.800. The number of primary amides is 1. The van der Waals surface area contributed by atoms with E-state index < -0.39 is 11.9 Å². The van der Waals surface area contributed by atoms with Gasteiger partial charge in [0.2, 0.25) is 11.8 Å². The van der Waals surface area contributed by atoms with E-state index >= 15 is 0 Å². The molecule has 0 aromatic heterocycles. The van der Waals surface area contributed by atoms with E-state index in [0.29, 0.717) is 6.54 Å². The highest BCUT2D eigenvalue weighted by Gasteiger charge is 2.16. The van der Waals surface area contributed by atoms with Crippen LogP contribution < -0.4 is 16.4 Å². The summed E-state index contributed by atoms with van der Waals surface area (Å²) in [5, 5.41) is 5.83. The highest BCUT2D eigenvalue weighted by Crippen LogP contribution is 1.94. The lowest BCUT2D eigenvalue weighted by Gasteiger charge is -2.19. The van der Waals surface area contributed by atoms with E-state index in [4.69, 9.17) is 5.73 Å². The van der Waals surface area contributed by atoms with Gasteiger partial charge in [-0.2, -0.15) is 0 Å².